The Bertz CT molecular complexity index is 152. The highest BCUT2D eigenvalue weighted by Gasteiger charge is 2.41. The van der Waals surface area contributed by atoms with Crippen molar-refractivity contribution in [2.75, 3.05) is 26.2 Å². The van der Waals surface area contributed by atoms with E-state index in [1.165, 1.54) is 32.4 Å². The fraction of sp³-hybridized carbons (Fsp3) is 1.00. The van der Waals surface area contributed by atoms with Gasteiger partial charge in [0.2, 0.25) is 0 Å². The van der Waals surface area contributed by atoms with Gasteiger partial charge in [-0.1, -0.05) is 0 Å². The predicted molar refractivity (Wildman–Crippen MR) is 50.7 cm³/mol. The van der Waals surface area contributed by atoms with E-state index >= 15 is 0 Å². The minimum Gasteiger partial charge on any atom is -0.375 e. The topological polar surface area (TPSA) is 24.5 Å². The molecule has 1 saturated carbocycles. The van der Waals surface area contributed by atoms with Crippen molar-refractivity contribution >= 4 is 0 Å². The predicted octanol–water partition coefficient (Wildman–Crippen LogP) is 0.211. The van der Waals surface area contributed by atoms with Gasteiger partial charge in [0.25, 0.3) is 0 Å². The number of piperazine rings is 1. The van der Waals surface area contributed by atoms with Gasteiger partial charge in [-0.3, -0.25) is 4.90 Å². The lowest BCUT2D eigenvalue weighted by molar-refractivity contribution is -0.109. The van der Waals surface area contributed by atoms with Gasteiger partial charge < -0.3 is 10.1 Å². The van der Waals surface area contributed by atoms with Crippen LogP contribution in [0.4, 0.5) is 0 Å². The maximum Gasteiger partial charge on any atom is 0.0746 e. The van der Waals surface area contributed by atoms with Gasteiger partial charge >= 0.3 is 0 Å². The van der Waals surface area contributed by atoms with Gasteiger partial charge in [0, 0.05) is 25.7 Å². The third-order valence-corrected chi connectivity index (χ3v) is 3.73. The Labute approximate surface area is 79.4 Å². The summed E-state index contributed by atoms with van der Waals surface area (Å²) in [4.78, 5) is 2.63. The average Bonchev–Trinajstić information content (AvgIpc) is 2.19. The van der Waals surface area contributed by atoms with Gasteiger partial charge in [0.1, 0.15) is 0 Å². The van der Waals surface area contributed by atoms with E-state index in [0.29, 0.717) is 18.2 Å². The van der Waals surface area contributed by atoms with Crippen LogP contribution in [0.3, 0.4) is 0 Å². The summed E-state index contributed by atoms with van der Waals surface area (Å²) in [5, 5.41) is 3.63. The smallest absolute Gasteiger partial charge is 0.0746 e. The van der Waals surface area contributed by atoms with Crippen LogP contribution in [0, 0.1) is 0 Å². The van der Waals surface area contributed by atoms with Crippen molar-refractivity contribution in [3.63, 3.8) is 0 Å². The molecule has 3 nitrogen and oxygen atoms in total. The van der Waals surface area contributed by atoms with E-state index in [-0.39, 0.29) is 0 Å². The monoisotopic (exact) mass is 182 g/mol. The number of hydrogen-bond donors (Lipinski definition) is 1. The molecule has 0 radical (unpaired) electrons. The highest BCUT2D eigenvalue weighted by atomic mass is 16.5. The summed E-state index contributed by atoms with van der Waals surface area (Å²) in [6.45, 7) is 4.50. The SMILES string of the molecule is C1C[C@@H]2NCCN3CCO[C@@H](C1)[C@H]23. The minimum atomic E-state index is 0.528. The van der Waals surface area contributed by atoms with E-state index in [0.717, 1.165) is 13.2 Å². The van der Waals surface area contributed by atoms with Crippen molar-refractivity contribution < 1.29 is 4.74 Å². The van der Waals surface area contributed by atoms with Gasteiger partial charge in [0.15, 0.2) is 0 Å². The first-order valence-corrected chi connectivity index (χ1v) is 5.54. The molecule has 13 heavy (non-hydrogen) atoms. The summed E-state index contributed by atoms with van der Waals surface area (Å²) in [6, 6.07) is 1.41. The van der Waals surface area contributed by atoms with Gasteiger partial charge in [0.05, 0.1) is 18.8 Å². The van der Waals surface area contributed by atoms with E-state index < -0.39 is 0 Å². The first-order chi connectivity index (χ1) is 6.45. The molecule has 2 aliphatic heterocycles. The molecule has 3 rings (SSSR count). The molecule has 3 heteroatoms. The summed E-state index contributed by atoms with van der Waals surface area (Å²) in [5.41, 5.74) is 0. The standard InChI is InChI=1S/C10H18N2O/c1-2-8-10-9(3-1)13-7-6-12(10)5-4-11-8/h8-11H,1-7H2/t8-,9-,10-/m0/s1. The van der Waals surface area contributed by atoms with E-state index in [1.807, 2.05) is 0 Å². The number of nitrogens with one attached hydrogen (secondary N) is 1. The lowest BCUT2D eigenvalue weighted by atomic mass is 9.84. The van der Waals surface area contributed by atoms with Crippen molar-refractivity contribution in [3.05, 3.63) is 0 Å². The minimum absolute atomic E-state index is 0.528. The summed E-state index contributed by atoms with van der Waals surface area (Å²) >= 11 is 0. The number of ether oxygens (including phenoxy) is 1. The van der Waals surface area contributed by atoms with E-state index in [1.54, 1.807) is 0 Å². The first-order valence-electron chi connectivity index (χ1n) is 5.54. The summed E-state index contributed by atoms with van der Waals surface area (Å²) < 4.78 is 5.84. The van der Waals surface area contributed by atoms with E-state index in [4.69, 9.17) is 4.74 Å². The van der Waals surface area contributed by atoms with Crippen molar-refractivity contribution in [1.29, 1.82) is 0 Å². The molecule has 3 atom stereocenters. The largest absolute Gasteiger partial charge is 0.375 e. The van der Waals surface area contributed by atoms with Gasteiger partial charge in [-0.15, -0.1) is 0 Å². The quantitative estimate of drug-likeness (QED) is 0.579. The second kappa shape index (κ2) is 3.23. The molecular weight excluding hydrogens is 164 g/mol. The Morgan fingerprint density at radius 2 is 2.23 bits per heavy atom. The number of morpholine rings is 1. The van der Waals surface area contributed by atoms with Crippen LogP contribution in [0.2, 0.25) is 0 Å². The Kier molecular flexibility index (Phi) is 2.04. The Balaban J connectivity index is 1.82. The summed E-state index contributed by atoms with van der Waals surface area (Å²) in [6.07, 6.45) is 4.49. The van der Waals surface area contributed by atoms with Crippen LogP contribution < -0.4 is 5.32 Å². The van der Waals surface area contributed by atoms with Crippen LogP contribution in [-0.2, 0) is 4.74 Å². The molecule has 0 aromatic heterocycles. The maximum atomic E-state index is 5.84. The van der Waals surface area contributed by atoms with Gasteiger partial charge in [-0.2, -0.15) is 0 Å². The van der Waals surface area contributed by atoms with Gasteiger partial charge in [-0.25, -0.2) is 0 Å². The van der Waals surface area contributed by atoms with Crippen LogP contribution in [0.5, 0.6) is 0 Å². The third-order valence-electron chi connectivity index (χ3n) is 3.73. The molecule has 74 valence electrons. The van der Waals surface area contributed by atoms with E-state index in [9.17, 15) is 0 Å². The van der Waals surface area contributed by atoms with E-state index in [2.05, 4.69) is 10.2 Å². The zero-order valence-electron chi connectivity index (χ0n) is 8.04. The molecule has 0 spiro atoms. The molecule has 0 aromatic carbocycles. The summed E-state index contributed by atoms with van der Waals surface area (Å²) in [5.74, 6) is 0. The van der Waals surface area contributed by atoms with Crippen molar-refractivity contribution in [2.24, 2.45) is 0 Å². The second-order valence-electron chi connectivity index (χ2n) is 4.43. The molecule has 0 aromatic rings. The van der Waals surface area contributed by atoms with Crippen LogP contribution in [0.25, 0.3) is 0 Å². The lowest BCUT2D eigenvalue weighted by Crippen LogP contribution is -2.67. The second-order valence-corrected chi connectivity index (χ2v) is 4.43. The molecule has 2 heterocycles. The highest BCUT2D eigenvalue weighted by Crippen LogP contribution is 2.30. The molecule has 3 aliphatic rings. The molecule has 0 unspecified atom stereocenters. The first kappa shape index (κ1) is 8.21. The van der Waals surface area contributed by atoms with Crippen LogP contribution in [-0.4, -0.2) is 49.3 Å². The zero-order valence-corrected chi connectivity index (χ0v) is 8.04. The number of rotatable bonds is 0. The van der Waals surface area contributed by atoms with Crippen molar-refractivity contribution in [2.45, 2.75) is 37.5 Å². The number of nitrogens with zero attached hydrogens (tertiary/aromatic N) is 1. The maximum absolute atomic E-state index is 5.84. The third kappa shape index (κ3) is 1.30. The lowest BCUT2D eigenvalue weighted by Gasteiger charge is -2.51. The molecule has 1 aliphatic carbocycles. The highest BCUT2D eigenvalue weighted by molar-refractivity contribution is 4.99. The fourth-order valence-corrected chi connectivity index (χ4v) is 3.16. The molecule has 0 amide bonds. The molecular formula is C10H18N2O. The molecule has 2 saturated heterocycles. The molecule has 3 fully saturated rings. The zero-order chi connectivity index (χ0) is 8.67. The van der Waals surface area contributed by atoms with Gasteiger partial charge in [-0.05, 0) is 19.3 Å². The van der Waals surface area contributed by atoms with Crippen LogP contribution in [0.1, 0.15) is 19.3 Å². The molecule has 0 bridgehead atoms. The van der Waals surface area contributed by atoms with Crippen LogP contribution >= 0.6 is 0 Å². The fourth-order valence-electron chi connectivity index (χ4n) is 3.16. The Morgan fingerprint density at radius 1 is 1.23 bits per heavy atom. The van der Waals surface area contributed by atoms with Crippen molar-refractivity contribution in [1.82, 2.24) is 10.2 Å². The Hall–Kier alpha value is -0.120. The Morgan fingerprint density at radius 3 is 3.23 bits per heavy atom. The van der Waals surface area contributed by atoms with Crippen LogP contribution in [0.15, 0.2) is 0 Å². The number of hydrogen-bond acceptors (Lipinski definition) is 3. The summed E-state index contributed by atoms with van der Waals surface area (Å²) in [7, 11) is 0. The molecule has 1 N–H and O–H groups in total. The average molecular weight is 182 g/mol. The normalized spacial score (nSPS) is 45.7. The van der Waals surface area contributed by atoms with Crippen molar-refractivity contribution in [3.8, 4) is 0 Å².